The van der Waals surface area contributed by atoms with Crippen LogP contribution in [-0.4, -0.2) is 67.6 Å². The number of anilines is 2. The molecule has 1 atom stereocenters. The summed E-state index contributed by atoms with van der Waals surface area (Å²) in [4.78, 5) is 34.5. The number of rotatable bonds is 2. The Kier molecular flexibility index (Phi) is 5.26. The van der Waals surface area contributed by atoms with Crippen molar-refractivity contribution in [2.24, 2.45) is 0 Å². The lowest BCUT2D eigenvalue weighted by Crippen LogP contribution is -2.56. The van der Waals surface area contributed by atoms with E-state index in [2.05, 4.69) is 9.80 Å². The molecule has 31 heavy (non-hydrogen) atoms. The maximum Gasteiger partial charge on any atom is 0.257 e. The van der Waals surface area contributed by atoms with Gasteiger partial charge in [-0.05, 0) is 61.7 Å². The number of piperazine rings is 1. The highest BCUT2D eigenvalue weighted by atomic mass is 35.5. The zero-order valence-corrected chi connectivity index (χ0v) is 18.5. The van der Waals surface area contributed by atoms with Crippen LogP contribution in [0.3, 0.4) is 0 Å². The molecule has 0 spiro atoms. The van der Waals surface area contributed by atoms with Gasteiger partial charge in [-0.3, -0.25) is 9.59 Å². The van der Waals surface area contributed by atoms with Crippen molar-refractivity contribution >= 4 is 34.8 Å². The molecule has 3 aliphatic heterocycles. The van der Waals surface area contributed by atoms with Gasteiger partial charge in [-0.2, -0.15) is 0 Å². The first kappa shape index (κ1) is 20.2. The van der Waals surface area contributed by atoms with Crippen LogP contribution in [0.1, 0.15) is 40.0 Å². The lowest BCUT2D eigenvalue weighted by Gasteiger charge is -2.46. The van der Waals surface area contributed by atoms with E-state index >= 15 is 0 Å². The number of nitrogens with zero attached hydrogens (tertiary/aromatic N) is 4. The van der Waals surface area contributed by atoms with E-state index in [-0.39, 0.29) is 18.0 Å². The van der Waals surface area contributed by atoms with E-state index in [0.29, 0.717) is 24.2 Å². The molecule has 0 aliphatic carbocycles. The van der Waals surface area contributed by atoms with Gasteiger partial charge in [-0.1, -0.05) is 11.6 Å². The van der Waals surface area contributed by atoms with Crippen molar-refractivity contribution in [2.45, 2.75) is 25.4 Å². The Labute approximate surface area is 188 Å². The highest BCUT2D eigenvalue weighted by Crippen LogP contribution is 2.35. The molecule has 1 unspecified atom stereocenters. The van der Waals surface area contributed by atoms with Crippen molar-refractivity contribution in [1.29, 1.82) is 0 Å². The summed E-state index contributed by atoms with van der Waals surface area (Å²) >= 11 is 5.99. The van der Waals surface area contributed by atoms with Gasteiger partial charge in [0.15, 0.2) is 0 Å². The third-order valence-electron chi connectivity index (χ3n) is 6.79. The Morgan fingerprint density at radius 1 is 0.968 bits per heavy atom. The van der Waals surface area contributed by atoms with Gasteiger partial charge in [0, 0.05) is 56.0 Å². The molecule has 2 fully saturated rings. The van der Waals surface area contributed by atoms with Crippen LogP contribution in [0.15, 0.2) is 42.5 Å². The van der Waals surface area contributed by atoms with Crippen molar-refractivity contribution in [2.75, 3.05) is 49.6 Å². The summed E-state index contributed by atoms with van der Waals surface area (Å²) < 4.78 is 0. The molecule has 5 rings (SSSR count). The Morgan fingerprint density at radius 2 is 1.71 bits per heavy atom. The number of amides is 2. The highest BCUT2D eigenvalue weighted by molar-refractivity contribution is 6.30. The standard InChI is InChI=1S/C24H27ClN4O2/c1-26-21-16-17(5-10-20(21)24(31)29-11-3-2-4-22(26)29)23(30)28-14-12-27(13-15-28)19-8-6-18(25)7-9-19/h5-10,16,22H,2-4,11-15H2,1H3. The predicted octanol–water partition coefficient (Wildman–Crippen LogP) is 3.70. The summed E-state index contributed by atoms with van der Waals surface area (Å²) in [6.07, 6.45) is 3.27. The van der Waals surface area contributed by atoms with Crippen LogP contribution in [0.2, 0.25) is 5.02 Å². The summed E-state index contributed by atoms with van der Waals surface area (Å²) in [5, 5.41) is 0.727. The van der Waals surface area contributed by atoms with E-state index in [9.17, 15) is 9.59 Å². The van der Waals surface area contributed by atoms with Gasteiger partial charge < -0.3 is 19.6 Å². The molecule has 0 radical (unpaired) electrons. The molecule has 162 valence electrons. The summed E-state index contributed by atoms with van der Waals surface area (Å²) in [6.45, 7) is 3.72. The lowest BCUT2D eigenvalue weighted by atomic mass is 9.97. The Hall–Kier alpha value is -2.73. The molecular weight excluding hydrogens is 412 g/mol. The normalized spacial score (nSPS) is 21.1. The van der Waals surface area contributed by atoms with E-state index in [1.54, 1.807) is 0 Å². The van der Waals surface area contributed by atoms with Crippen LogP contribution in [0, 0.1) is 0 Å². The molecule has 3 heterocycles. The van der Waals surface area contributed by atoms with E-state index in [1.165, 1.54) is 0 Å². The molecule has 0 saturated carbocycles. The smallest absolute Gasteiger partial charge is 0.257 e. The van der Waals surface area contributed by atoms with Crippen molar-refractivity contribution < 1.29 is 9.59 Å². The van der Waals surface area contributed by atoms with Gasteiger partial charge >= 0.3 is 0 Å². The zero-order valence-electron chi connectivity index (χ0n) is 17.8. The number of halogens is 1. The maximum atomic E-state index is 13.2. The minimum Gasteiger partial charge on any atom is -0.368 e. The van der Waals surface area contributed by atoms with Crippen LogP contribution in [0.4, 0.5) is 11.4 Å². The minimum atomic E-state index is 0.0329. The minimum absolute atomic E-state index is 0.0329. The van der Waals surface area contributed by atoms with E-state index in [4.69, 9.17) is 11.6 Å². The molecule has 0 bridgehead atoms. The Balaban J connectivity index is 1.31. The average Bonchev–Trinajstić information content (AvgIpc) is 2.82. The first-order chi connectivity index (χ1) is 15.0. The monoisotopic (exact) mass is 438 g/mol. The molecule has 2 amide bonds. The molecule has 0 aromatic heterocycles. The van der Waals surface area contributed by atoms with Crippen molar-refractivity contribution in [1.82, 2.24) is 9.80 Å². The van der Waals surface area contributed by atoms with Gasteiger partial charge in [0.25, 0.3) is 11.8 Å². The van der Waals surface area contributed by atoms with Crippen molar-refractivity contribution in [3.63, 3.8) is 0 Å². The number of fused-ring (bicyclic) bond motifs is 2. The zero-order chi connectivity index (χ0) is 21.5. The first-order valence-electron chi connectivity index (χ1n) is 11.0. The molecule has 2 aromatic carbocycles. The largest absolute Gasteiger partial charge is 0.368 e. The fraction of sp³-hybridized carbons (Fsp3) is 0.417. The number of hydrogen-bond acceptors (Lipinski definition) is 4. The first-order valence-corrected chi connectivity index (χ1v) is 11.4. The van der Waals surface area contributed by atoms with Crippen LogP contribution >= 0.6 is 11.6 Å². The molecular formula is C24H27ClN4O2. The molecule has 2 aromatic rings. The third-order valence-corrected chi connectivity index (χ3v) is 7.04. The number of carbonyl (C=O) groups is 2. The SMILES string of the molecule is CN1c2cc(C(=O)N3CCN(c4ccc(Cl)cc4)CC3)ccc2C(=O)N2CCCCC21. The summed E-state index contributed by atoms with van der Waals surface area (Å²) in [6, 6.07) is 13.4. The van der Waals surface area contributed by atoms with Crippen LogP contribution in [0.5, 0.6) is 0 Å². The number of piperidine rings is 1. The molecule has 6 nitrogen and oxygen atoms in total. The maximum absolute atomic E-state index is 13.2. The van der Waals surface area contributed by atoms with Crippen LogP contribution < -0.4 is 9.80 Å². The number of carbonyl (C=O) groups excluding carboxylic acids is 2. The van der Waals surface area contributed by atoms with E-state index in [0.717, 1.165) is 55.3 Å². The molecule has 3 aliphatic rings. The number of hydrogen-bond donors (Lipinski definition) is 0. The van der Waals surface area contributed by atoms with Gasteiger partial charge in [0.05, 0.1) is 11.3 Å². The van der Waals surface area contributed by atoms with E-state index < -0.39 is 0 Å². The second-order valence-electron chi connectivity index (χ2n) is 8.57. The van der Waals surface area contributed by atoms with Gasteiger partial charge in [0.2, 0.25) is 0 Å². The second-order valence-corrected chi connectivity index (χ2v) is 9.01. The van der Waals surface area contributed by atoms with Gasteiger partial charge in [-0.15, -0.1) is 0 Å². The topological polar surface area (TPSA) is 47.1 Å². The summed E-state index contributed by atoms with van der Waals surface area (Å²) in [5.74, 6) is 0.124. The quantitative estimate of drug-likeness (QED) is 0.717. The van der Waals surface area contributed by atoms with E-state index in [1.807, 2.05) is 59.3 Å². The second kappa shape index (κ2) is 8.08. The van der Waals surface area contributed by atoms with Gasteiger partial charge in [0.1, 0.15) is 6.17 Å². The van der Waals surface area contributed by atoms with Crippen molar-refractivity contribution in [3.05, 3.63) is 58.6 Å². The third kappa shape index (κ3) is 3.63. The fourth-order valence-corrected chi connectivity index (χ4v) is 5.13. The number of benzene rings is 2. The van der Waals surface area contributed by atoms with Crippen LogP contribution in [0.25, 0.3) is 0 Å². The fourth-order valence-electron chi connectivity index (χ4n) is 5.01. The average molecular weight is 439 g/mol. The van der Waals surface area contributed by atoms with Crippen molar-refractivity contribution in [3.8, 4) is 0 Å². The molecule has 0 N–H and O–H groups in total. The summed E-state index contributed by atoms with van der Waals surface area (Å²) in [5.41, 5.74) is 3.36. The van der Waals surface area contributed by atoms with Crippen LogP contribution in [-0.2, 0) is 0 Å². The van der Waals surface area contributed by atoms with Gasteiger partial charge in [-0.25, -0.2) is 0 Å². The predicted molar refractivity (Wildman–Crippen MR) is 123 cm³/mol. The molecule has 7 heteroatoms. The Bertz CT molecular complexity index is 1000. The lowest BCUT2D eigenvalue weighted by molar-refractivity contribution is 0.0588. The highest BCUT2D eigenvalue weighted by Gasteiger charge is 2.37. The summed E-state index contributed by atoms with van der Waals surface area (Å²) in [7, 11) is 2.04. The Morgan fingerprint density at radius 3 is 2.45 bits per heavy atom. The molecule has 2 saturated heterocycles.